The van der Waals surface area contributed by atoms with E-state index in [4.69, 9.17) is 4.74 Å². The molecule has 3 aromatic rings. The van der Waals surface area contributed by atoms with E-state index in [0.29, 0.717) is 54.5 Å². The number of rotatable bonds is 8. The summed E-state index contributed by atoms with van der Waals surface area (Å²) in [5.74, 6) is 1.41. The van der Waals surface area contributed by atoms with Crippen LogP contribution in [0.1, 0.15) is 51.6 Å². The Labute approximate surface area is 211 Å². The maximum absolute atomic E-state index is 13.7. The van der Waals surface area contributed by atoms with Crippen molar-refractivity contribution in [2.75, 3.05) is 26.2 Å². The van der Waals surface area contributed by atoms with Crippen molar-refractivity contribution >= 4 is 15.5 Å². The van der Waals surface area contributed by atoms with Gasteiger partial charge in [-0.1, -0.05) is 13.8 Å². The molecule has 2 aliphatic rings. The Hall–Kier alpha value is -2.76. The molecule has 10 nitrogen and oxygen atoms in total. The van der Waals surface area contributed by atoms with Crippen LogP contribution in [0.5, 0.6) is 5.75 Å². The van der Waals surface area contributed by atoms with E-state index in [1.54, 1.807) is 33.9 Å². The van der Waals surface area contributed by atoms with Gasteiger partial charge in [0, 0.05) is 31.6 Å². The van der Waals surface area contributed by atoms with Crippen molar-refractivity contribution in [3.05, 3.63) is 40.1 Å². The van der Waals surface area contributed by atoms with Gasteiger partial charge in [0.25, 0.3) is 5.56 Å². The second-order valence-electron chi connectivity index (χ2n) is 9.56. The summed E-state index contributed by atoms with van der Waals surface area (Å²) in [5, 5.41) is 4.68. The highest BCUT2D eigenvalue weighted by Gasteiger charge is 2.43. The highest BCUT2D eigenvalue weighted by atomic mass is 32.2. The number of fused-ring (bicyclic) bond motifs is 3. The van der Waals surface area contributed by atoms with Gasteiger partial charge in [-0.2, -0.15) is 4.31 Å². The van der Waals surface area contributed by atoms with E-state index in [9.17, 15) is 13.2 Å². The molecule has 1 N–H and O–H groups in total. The minimum Gasteiger partial charge on any atom is -0.493 e. The Morgan fingerprint density at radius 2 is 1.86 bits per heavy atom. The Balaban J connectivity index is 1.59. The summed E-state index contributed by atoms with van der Waals surface area (Å²) >= 11 is 0. The van der Waals surface area contributed by atoms with Crippen LogP contribution in [-0.4, -0.2) is 75.5 Å². The fraction of sp³-hybridized carbons (Fsp3) is 0.560. The first-order valence-corrected chi connectivity index (χ1v) is 14.2. The van der Waals surface area contributed by atoms with Gasteiger partial charge < -0.3 is 9.72 Å². The van der Waals surface area contributed by atoms with Gasteiger partial charge in [0.15, 0.2) is 11.3 Å². The molecule has 2 bridgehead atoms. The average Bonchev–Trinajstić information content (AvgIpc) is 3.30. The number of sulfonamides is 1. The van der Waals surface area contributed by atoms with Crippen molar-refractivity contribution in [3.8, 4) is 17.1 Å². The highest BCUT2D eigenvalue weighted by molar-refractivity contribution is 7.89. The van der Waals surface area contributed by atoms with Gasteiger partial charge in [-0.15, -0.1) is 5.10 Å². The predicted octanol–water partition coefficient (Wildman–Crippen LogP) is 2.60. The van der Waals surface area contributed by atoms with E-state index in [-0.39, 0.29) is 28.4 Å². The summed E-state index contributed by atoms with van der Waals surface area (Å²) in [4.78, 5) is 23.0. The van der Waals surface area contributed by atoms with Crippen LogP contribution in [0.3, 0.4) is 0 Å². The van der Waals surface area contributed by atoms with Crippen molar-refractivity contribution in [2.24, 2.45) is 0 Å². The molecule has 2 atom stereocenters. The Bertz CT molecular complexity index is 1430. The molecule has 0 amide bonds. The highest BCUT2D eigenvalue weighted by Crippen LogP contribution is 2.35. The third-order valence-electron chi connectivity index (χ3n) is 7.33. The Morgan fingerprint density at radius 1 is 1.14 bits per heavy atom. The summed E-state index contributed by atoms with van der Waals surface area (Å²) in [6.45, 7) is 10.1. The third kappa shape index (κ3) is 4.12. The summed E-state index contributed by atoms with van der Waals surface area (Å²) in [6, 6.07) is 5.32. The molecule has 1 aromatic carbocycles. The van der Waals surface area contributed by atoms with Crippen LogP contribution in [0.25, 0.3) is 16.9 Å². The normalized spacial score (nSPS) is 20.9. The van der Waals surface area contributed by atoms with E-state index < -0.39 is 10.0 Å². The largest absolute Gasteiger partial charge is 0.493 e. The number of H-pyrrole nitrogens is 1. The van der Waals surface area contributed by atoms with Crippen LogP contribution in [0.4, 0.5) is 0 Å². The van der Waals surface area contributed by atoms with Gasteiger partial charge in [-0.25, -0.2) is 17.9 Å². The zero-order valence-electron chi connectivity index (χ0n) is 21.3. The standard InChI is InChI=1S/C25H34N6O4S/c1-5-8-22-26-16(4)23-25(32)27-24(28-31(22)23)20-13-19(11-12-21(20)35-7-3)36(33,34)29-14-17-9-10-18(15-29)30(17)6-2/h11-13,17-18H,5-10,14-15H2,1-4H3,(H,27,28,32). The quantitative estimate of drug-likeness (QED) is 0.492. The van der Waals surface area contributed by atoms with Gasteiger partial charge in [0.1, 0.15) is 11.6 Å². The fourth-order valence-corrected chi connectivity index (χ4v) is 7.23. The lowest BCUT2D eigenvalue weighted by Crippen LogP contribution is -2.54. The number of aryl methyl sites for hydroxylation is 2. The molecule has 2 aliphatic heterocycles. The number of piperazine rings is 1. The summed E-state index contributed by atoms with van der Waals surface area (Å²) < 4.78 is 36.5. The maximum atomic E-state index is 13.7. The molecule has 2 unspecified atom stereocenters. The van der Waals surface area contributed by atoms with E-state index in [2.05, 4.69) is 26.9 Å². The number of nitrogens with one attached hydrogen (secondary N) is 1. The number of aromatic amines is 1. The monoisotopic (exact) mass is 514 g/mol. The van der Waals surface area contributed by atoms with Gasteiger partial charge >= 0.3 is 0 Å². The van der Waals surface area contributed by atoms with Crippen LogP contribution < -0.4 is 10.3 Å². The minimum absolute atomic E-state index is 0.170. The van der Waals surface area contributed by atoms with Crippen molar-refractivity contribution < 1.29 is 13.2 Å². The fourth-order valence-electron chi connectivity index (χ4n) is 5.69. The van der Waals surface area contributed by atoms with Crippen LogP contribution in [0.2, 0.25) is 0 Å². The predicted molar refractivity (Wildman–Crippen MR) is 137 cm³/mol. The zero-order valence-corrected chi connectivity index (χ0v) is 22.1. The second-order valence-corrected chi connectivity index (χ2v) is 11.5. The van der Waals surface area contributed by atoms with E-state index in [1.807, 2.05) is 13.8 Å². The molecule has 2 aromatic heterocycles. The summed E-state index contributed by atoms with van der Waals surface area (Å²) in [6.07, 6.45) is 3.57. The maximum Gasteiger partial charge on any atom is 0.277 e. The number of nitrogens with zero attached hydrogens (tertiary/aromatic N) is 5. The lowest BCUT2D eigenvalue weighted by molar-refractivity contribution is 0.116. The minimum atomic E-state index is -3.73. The molecular weight excluding hydrogens is 480 g/mol. The van der Waals surface area contributed by atoms with Crippen molar-refractivity contribution in [3.63, 3.8) is 0 Å². The third-order valence-corrected chi connectivity index (χ3v) is 9.15. The van der Waals surface area contributed by atoms with Crippen molar-refractivity contribution in [1.82, 2.24) is 28.8 Å². The topological polar surface area (TPSA) is 113 Å². The lowest BCUT2D eigenvalue weighted by Gasteiger charge is -2.39. The first kappa shape index (κ1) is 24.9. The van der Waals surface area contributed by atoms with Gasteiger partial charge in [-0.3, -0.25) is 9.69 Å². The molecule has 0 aliphatic carbocycles. The molecule has 2 fully saturated rings. The smallest absolute Gasteiger partial charge is 0.277 e. The second kappa shape index (κ2) is 9.60. The number of imidazole rings is 1. The van der Waals surface area contributed by atoms with Crippen LogP contribution >= 0.6 is 0 Å². The molecule has 194 valence electrons. The van der Waals surface area contributed by atoms with E-state index in [1.165, 1.54) is 0 Å². The van der Waals surface area contributed by atoms with Crippen molar-refractivity contribution in [2.45, 2.75) is 70.4 Å². The number of hydrogen-bond donors (Lipinski definition) is 1. The van der Waals surface area contributed by atoms with Gasteiger partial charge in [0.05, 0.1) is 22.8 Å². The number of likely N-dealkylation sites (N-methyl/N-ethyl adjacent to an activating group) is 1. The van der Waals surface area contributed by atoms with Crippen LogP contribution in [-0.2, 0) is 16.4 Å². The van der Waals surface area contributed by atoms with Crippen LogP contribution in [0, 0.1) is 6.92 Å². The Morgan fingerprint density at radius 3 is 2.50 bits per heavy atom. The van der Waals surface area contributed by atoms with E-state index in [0.717, 1.165) is 25.8 Å². The molecule has 2 saturated heterocycles. The number of hydrogen-bond acceptors (Lipinski definition) is 7. The number of ether oxygens (including phenoxy) is 1. The molecule has 0 spiro atoms. The SMILES string of the molecule is CCCc1nc(C)c2c(=O)[nH]c(-c3cc(S(=O)(=O)N4CC5CCC(C4)N5CC)ccc3OCC)nn12. The summed E-state index contributed by atoms with van der Waals surface area (Å²) in [5.41, 5.74) is 1.12. The Kier molecular flexibility index (Phi) is 6.65. The molecule has 36 heavy (non-hydrogen) atoms. The first-order chi connectivity index (χ1) is 17.3. The number of aromatic nitrogens is 4. The van der Waals surface area contributed by atoms with E-state index >= 15 is 0 Å². The molecule has 0 radical (unpaired) electrons. The molecule has 11 heteroatoms. The lowest BCUT2D eigenvalue weighted by atomic mass is 10.2. The van der Waals surface area contributed by atoms with Gasteiger partial charge in [-0.05, 0) is 57.9 Å². The molecule has 5 rings (SSSR count). The molecule has 0 saturated carbocycles. The molecule has 4 heterocycles. The van der Waals surface area contributed by atoms with Crippen molar-refractivity contribution in [1.29, 1.82) is 0 Å². The van der Waals surface area contributed by atoms with Crippen LogP contribution in [0.15, 0.2) is 27.9 Å². The molecular formula is C25H34N6O4S. The zero-order chi connectivity index (χ0) is 25.6. The average molecular weight is 515 g/mol. The number of benzene rings is 1. The van der Waals surface area contributed by atoms with Gasteiger partial charge in [0.2, 0.25) is 10.0 Å². The summed E-state index contributed by atoms with van der Waals surface area (Å²) in [7, 11) is -3.73. The first-order valence-electron chi connectivity index (χ1n) is 12.8.